The number of nitrogens with zero attached hydrogens (tertiary/aromatic N) is 2. The molecule has 0 N–H and O–H groups in total. The zero-order valence-electron chi connectivity index (χ0n) is 14.7. The lowest BCUT2D eigenvalue weighted by atomic mass is 10.2. The molecule has 0 radical (unpaired) electrons. The van der Waals surface area contributed by atoms with Crippen molar-refractivity contribution in [2.45, 2.75) is 16.8 Å². The third kappa shape index (κ3) is 3.59. The zero-order chi connectivity index (χ0) is 19.0. The maximum Gasteiger partial charge on any atom is 0.266 e. The van der Waals surface area contributed by atoms with Crippen molar-refractivity contribution in [3.05, 3.63) is 58.9 Å². The fraction of sp³-hybridized carbons (Fsp3) is 0.263. The number of para-hydroxylation sites is 1. The van der Waals surface area contributed by atoms with Crippen LogP contribution in [0.1, 0.15) is 6.42 Å². The Morgan fingerprint density at radius 3 is 2.56 bits per heavy atom. The van der Waals surface area contributed by atoms with E-state index in [2.05, 4.69) is 4.98 Å². The second kappa shape index (κ2) is 7.01. The van der Waals surface area contributed by atoms with Gasteiger partial charge >= 0.3 is 0 Å². The van der Waals surface area contributed by atoms with Gasteiger partial charge in [0.25, 0.3) is 5.56 Å². The Balaban J connectivity index is 1.86. The van der Waals surface area contributed by atoms with Crippen LogP contribution in [0, 0.1) is 0 Å². The van der Waals surface area contributed by atoms with Gasteiger partial charge in [-0.05, 0) is 42.8 Å². The molecule has 3 aromatic rings. The Hall–Kier alpha value is -2.32. The summed E-state index contributed by atoms with van der Waals surface area (Å²) in [5.41, 5.74) is 1.10. The van der Waals surface area contributed by atoms with Crippen molar-refractivity contribution in [1.82, 2.24) is 9.55 Å². The predicted molar refractivity (Wildman–Crippen MR) is 107 cm³/mol. The molecule has 4 rings (SSSR count). The van der Waals surface area contributed by atoms with E-state index in [1.54, 1.807) is 54.1 Å². The van der Waals surface area contributed by atoms with Gasteiger partial charge in [0.05, 0.1) is 35.2 Å². The minimum Gasteiger partial charge on any atom is -0.497 e. The maximum absolute atomic E-state index is 13.2. The first-order valence-corrected chi connectivity index (χ1v) is 11.2. The molecule has 1 unspecified atom stereocenters. The molecule has 8 heteroatoms. The molecule has 140 valence electrons. The highest BCUT2D eigenvalue weighted by atomic mass is 32.2. The molecule has 0 bridgehead atoms. The summed E-state index contributed by atoms with van der Waals surface area (Å²) < 4.78 is 30.4. The van der Waals surface area contributed by atoms with Gasteiger partial charge in [-0.1, -0.05) is 23.9 Å². The Morgan fingerprint density at radius 1 is 1.15 bits per heavy atom. The third-order valence-electron chi connectivity index (χ3n) is 4.54. The molecule has 1 saturated heterocycles. The normalized spacial score (nSPS) is 18.6. The summed E-state index contributed by atoms with van der Waals surface area (Å²) in [6, 6.07) is 14.3. The molecule has 1 aliphatic rings. The number of aromatic nitrogens is 2. The smallest absolute Gasteiger partial charge is 0.266 e. The zero-order valence-corrected chi connectivity index (χ0v) is 16.3. The average Bonchev–Trinajstić information content (AvgIpc) is 3.01. The summed E-state index contributed by atoms with van der Waals surface area (Å²) >= 11 is 1.36. The molecule has 6 nitrogen and oxygen atoms in total. The van der Waals surface area contributed by atoms with Crippen LogP contribution in [0.25, 0.3) is 16.6 Å². The van der Waals surface area contributed by atoms with E-state index in [0.717, 1.165) is 0 Å². The Morgan fingerprint density at radius 2 is 1.89 bits per heavy atom. The second-order valence-corrected chi connectivity index (χ2v) is 9.89. The fourth-order valence-electron chi connectivity index (χ4n) is 3.15. The van der Waals surface area contributed by atoms with Gasteiger partial charge in [0.15, 0.2) is 15.0 Å². The molecular formula is C19H18N2O4S2. The van der Waals surface area contributed by atoms with Crippen LogP contribution in [0.3, 0.4) is 0 Å². The number of thioether (sulfide) groups is 1. The molecule has 0 aliphatic carbocycles. The Labute approximate surface area is 161 Å². The van der Waals surface area contributed by atoms with Crippen LogP contribution in [-0.4, -0.2) is 41.8 Å². The molecule has 2 aromatic carbocycles. The highest BCUT2D eigenvalue weighted by molar-refractivity contribution is 8.01. The summed E-state index contributed by atoms with van der Waals surface area (Å²) in [7, 11) is -1.42. The number of hydrogen-bond acceptors (Lipinski definition) is 6. The summed E-state index contributed by atoms with van der Waals surface area (Å²) in [5, 5.41) is 0.926. The van der Waals surface area contributed by atoms with Gasteiger partial charge < -0.3 is 4.74 Å². The van der Waals surface area contributed by atoms with Gasteiger partial charge in [0.1, 0.15) is 5.75 Å². The van der Waals surface area contributed by atoms with E-state index in [9.17, 15) is 13.2 Å². The summed E-state index contributed by atoms with van der Waals surface area (Å²) in [5.74, 6) is 0.991. The number of hydrogen-bond donors (Lipinski definition) is 0. The van der Waals surface area contributed by atoms with Gasteiger partial charge in [-0.15, -0.1) is 0 Å². The van der Waals surface area contributed by atoms with Crippen LogP contribution in [0.5, 0.6) is 5.75 Å². The molecule has 2 heterocycles. The summed E-state index contributed by atoms with van der Waals surface area (Å²) in [6.45, 7) is 0. The standard InChI is InChI=1S/C19H18N2O4S2/c1-25-14-8-6-13(7-9-14)21-18(22)16-4-2-3-5-17(16)20-19(21)26-15-10-11-27(23,24)12-15/h2-9,15H,10-12H2,1H3. The van der Waals surface area contributed by atoms with Crippen molar-refractivity contribution in [2.75, 3.05) is 18.6 Å². The van der Waals surface area contributed by atoms with Crippen molar-refractivity contribution in [2.24, 2.45) is 0 Å². The maximum atomic E-state index is 13.2. The first kappa shape index (κ1) is 18.1. The molecule has 1 fully saturated rings. The topological polar surface area (TPSA) is 78.3 Å². The number of rotatable bonds is 4. The van der Waals surface area contributed by atoms with Crippen molar-refractivity contribution < 1.29 is 13.2 Å². The van der Waals surface area contributed by atoms with Gasteiger partial charge in [0.2, 0.25) is 0 Å². The second-order valence-electron chi connectivity index (χ2n) is 6.39. The molecule has 1 aliphatic heterocycles. The fourth-order valence-corrected chi connectivity index (χ4v) is 6.72. The van der Waals surface area contributed by atoms with E-state index in [0.29, 0.717) is 33.9 Å². The third-order valence-corrected chi connectivity index (χ3v) is 7.74. The van der Waals surface area contributed by atoms with Gasteiger partial charge in [0, 0.05) is 5.25 Å². The lowest BCUT2D eigenvalue weighted by Crippen LogP contribution is -2.22. The number of benzene rings is 2. The molecule has 0 spiro atoms. The molecule has 1 atom stereocenters. The highest BCUT2D eigenvalue weighted by Crippen LogP contribution is 2.31. The van der Waals surface area contributed by atoms with E-state index in [4.69, 9.17) is 4.74 Å². The monoisotopic (exact) mass is 402 g/mol. The van der Waals surface area contributed by atoms with E-state index in [-0.39, 0.29) is 22.3 Å². The van der Waals surface area contributed by atoms with Crippen molar-refractivity contribution in [3.63, 3.8) is 0 Å². The first-order chi connectivity index (χ1) is 13.0. The minimum atomic E-state index is -3.01. The van der Waals surface area contributed by atoms with E-state index in [1.807, 2.05) is 6.07 Å². The molecule has 0 saturated carbocycles. The SMILES string of the molecule is COc1ccc(-n2c(SC3CCS(=O)(=O)C3)nc3ccccc3c2=O)cc1. The molecule has 1 aromatic heterocycles. The number of fused-ring (bicyclic) bond motifs is 1. The largest absolute Gasteiger partial charge is 0.497 e. The van der Waals surface area contributed by atoms with Gasteiger partial charge in [-0.3, -0.25) is 9.36 Å². The van der Waals surface area contributed by atoms with Crippen LogP contribution in [0.2, 0.25) is 0 Å². The quantitative estimate of drug-likeness (QED) is 0.625. The van der Waals surface area contributed by atoms with E-state index >= 15 is 0 Å². The first-order valence-electron chi connectivity index (χ1n) is 8.50. The van der Waals surface area contributed by atoms with Crippen LogP contribution in [0.15, 0.2) is 58.5 Å². The van der Waals surface area contributed by atoms with E-state index in [1.165, 1.54) is 11.8 Å². The average molecular weight is 402 g/mol. The molecule has 27 heavy (non-hydrogen) atoms. The Kier molecular flexibility index (Phi) is 4.69. The van der Waals surface area contributed by atoms with Crippen LogP contribution < -0.4 is 10.3 Å². The van der Waals surface area contributed by atoms with Crippen LogP contribution >= 0.6 is 11.8 Å². The van der Waals surface area contributed by atoms with Gasteiger partial charge in [-0.25, -0.2) is 13.4 Å². The number of ether oxygens (including phenoxy) is 1. The van der Waals surface area contributed by atoms with Crippen molar-refractivity contribution >= 4 is 32.5 Å². The highest BCUT2D eigenvalue weighted by Gasteiger charge is 2.30. The van der Waals surface area contributed by atoms with Crippen molar-refractivity contribution in [3.8, 4) is 11.4 Å². The van der Waals surface area contributed by atoms with Crippen molar-refractivity contribution in [1.29, 1.82) is 0 Å². The number of sulfone groups is 1. The van der Waals surface area contributed by atoms with Gasteiger partial charge in [-0.2, -0.15) is 0 Å². The van der Waals surface area contributed by atoms with E-state index < -0.39 is 9.84 Å². The lowest BCUT2D eigenvalue weighted by molar-refractivity contribution is 0.414. The summed E-state index contributed by atoms with van der Waals surface area (Å²) in [6.07, 6.45) is 0.568. The molecular weight excluding hydrogens is 384 g/mol. The predicted octanol–water partition coefficient (Wildman–Crippen LogP) is 2.67. The summed E-state index contributed by atoms with van der Waals surface area (Å²) in [4.78, 5) is 17.8. The van der Waals surface area contributed by atoms with Crippen LogP contribution in [0.4, 0.5) is 0 Å². The molecule has 0 amide bonds. The number of methoxy groups -OCH3 is 1. The van der Waals surface area contributed by atoms with Crippen LogP contribution in [-0.2, 0) is 9.84 Å². The minimum absolute atomic E-state index is 0.104. The lowest BCUT2D eigenvalue weighted by Gasteiger charge is -2.15. The Bertz CT molecular complexity index is 1150.